The van der Waals surface area contributed by atoms with Gasteiger partial charge in [0.2, 0.25) is 0 Å². The van der Waals surface area contributed by atoms with Gasteiger partial charge in [0, 0.05) is 21.0 Å². The van der Waals surface area contributed by atoms with Gasteiger partial charge in [0.15, 0.2) is 11.5 Å². The largest absolute Gasteiger partial charge is 0.493 e. The highest BCUT2D eigenvalue weighted by Gasteiger charge is 2.24. The Balaban J connectivity index is 2.10. The molecule has 1 heterocycles. The number of carboxylic acid groups (broad SMARTS) is 1. The minimum Gasteiger partial charge on any atom is -0.493 e. The molecule has 162 valence electrons. The Kier molecular flexibility index (Phi) is 6.01. The number of halogens is 1. The van der Waals surface area contributed by atoms with E-state index in [0.29, 0.717) is 39.0 Å². The smallest absolute Gasteiger partial charge is 0.353 e. The van der Waals surface area contributed by atoms with E-state index in [-0.39, 0.29) is 12.2 Å². The lowest BCUT2D eigenvalue weighted by Crippen LogP contribution is -2.28. The van der Waals surface area contributed by atoms with Gasteiger partial charge in [0.05, 0.1) is 20.8 Å². The van der Waals surface area contributed by atoms with Crippen LogP contribution in [-0.4, -0.2) is 29.9 Å². The number of pyridine rings is 1. The van der Waals surface area contributed by atoms with Crippen molar-refractivity contribution in [1.29, 1.82) is 0 Å². The van der Waals surface area contributed by atoms with Crippen molar-refractivity contribution < 1.29 is 19.4 Å². The van der Waals surface area contributed by atoms with Crippen molar-refractivity contribution in [3.63, 3.8) is 0 Å². The molecule has 0 saturated carbocycles. The summed E-state index contributed by atoms with van der Waals surface area (Å²) in [4.78, 5) is 26.1. The molecule has 0 aliphatic rings. The average Bonchev–Trinajstić information content (AvgIpc) is 2.80. The third kappa shape index (κ3) is 3.76. The van der Waals surface area contributed by atoms with Crippen molar-refractivity contribution in [2.75, 3.05) is 14.2 Å². The summed E-state index contributed by atoms with van der Waals surface area (Å²) in [5.41, 5.74) is 1.34. The molecular weight excluding hydrogens is 474 g/mol. The summed E-state index contributed by atoms with van der Waals surface area (Å²) in [6.45, 7) is 0.00662. The van der Waals surface area contributed by atoms with E-state index in [4.69, 9.17) is 9.47 Å². The molecule has 0 aliphatic carbocycles. The Labute approximate surface area is 192 Å². The van der Waals surface area contributed by atoms with Crippen molar-refractivity contribution in [3.8, 4) is 22.6 Å². The number of benzene rings is 3. The Morgan fingerprint density at radius 3 is 2.38 bits per heavy atom. The maximum Gasteiger partial charge on any atom is 0.353 e. The molecule has 0 radical (unpaired) electrons. The predicted octanol–water partition coefficient (Wildman–Crippen LogP) is 5.19. The quantitative estimate of drug-likeness (QED) is 0.399. The van der Waals surface area contributed by atoms with Crippen molar-refractivity contribution in [2.24, 2.45) is 0 Å². The van der Waals surface area contributed by atoms with Crippen molar-refractivity contribution in [2.45, 2.75) is 6.54 Å². The molecule has 1 aromatic heterocycles. The van der Waals surface area contributed by atoms with Gasteiger partial charge in [-0.3, -0.25) is 9.36 Å². The minimum absolute atomic E-state index is 0.00662. The van der Waals surface area contributed by atoms with E-state index in [1.807, 2.05) is 30.3 Å². The molecule has 6 nitrogen and oxygen atoms in total. The van der Waals surface area contributed by atoms with Crippen molar-refractivity contribution in [3.05, 3.63) is 92.8 Å². The fourth-order valence-corrected chi connectivity index (χ4v) is 4.30. The first-order chi connectivity index (χ1) is 15.5. The van der Waals surface area contributed by atoms with Gasteiger partial charge in [-0.15, -0.1) is 0 Å². The van der Waals surface area contributed by atoms with Crippen LogP contribution in [0, 0.1) is 0 Å². The maximum absolute atomic E-state index is 13.5. The number of ether oxygens (including phenoxy) is 2. The van der Waals surface area contributed by atoms with Gasteiger partial charge in [-0.25, -0.2) is 4.79 Å². The lowest BCUT2D eigenvalue weighted by atomic mass is 9.96. The van der Waals surface area contributed by atoms with Gasteiger partial charge < -0.3 is 14.6 Å². The first-order valence-corrected chi connectivity index (χ1v) is 10.6. The molecule has 3 aromatic carbocycles. The van der Waals surface area contributed by atoms with Crippen LogP contribution in [0.1, 0.15) is 16.1 Å². The fraction of sp³-hybridized carbons (Fsp3) is 0.120. The summed E-state index contributed by atoms with van der Waals surface area (Å²) in [6.07, 6.45) is 0. The van der Waals surface area contributed by atoms with Crippen LogP contribution in [0.4, 0.5) is 0 Å². The molecule has 0 bridgehead atoms. The Hall–Kier alpha value is -3.58. The molecule has 1 N–H and O–H groups in total. The monoisotopic (exact) mass is 493 g/mol. The molecule has 7 heteroatoms. The summed E-state index contributed by atoms with van der Waals surface area (Å²) >= 11 is 3.45. The second kappa shape index (κ2) is 8.88. The second-order valence-electron chi connectivity index (χ2n) is 7.13. The average molecular weight is 494 g/mol. The lowest BCUT2D eigenvalue weighted by Gasteiger charge is -2.19. The highest BCUT2D eigenvalue weighted by Crippen LogP contribution is 2.35. The molecule has 0 aliphatic heterocycles. The summed E-state index contributed by atoms with van der Waals surface area (Å²) in [6, 6.07) is 19.8. The number of hydrogen-bond acceptors (Lipinski definition) is 4. The summed E-state index contributed by atoms with van der Waals surface area (Å²) in [7, 11) is 3.04. The lowest BCUT2D eigenvalue weighted by molar-refractivity contribution is 0.0685. The second-order valence-corrected chi connectivity index (χ2v) is 8.04. The van der Waals surface area contributed by atoms with Crippen LogP contribution in [0.5, 0.6) is 11.5 Å². The minimum atomic E-state index is -1.19. The number of methoxy groups -OCH3 is 2. The van der Waals surface area contributed by atoms with Gasteiger partial charge in [-0.1, -0.05) is 58.4 Å². The molecule has 0 spiro atoms. The number of rotatable bonds is 6. The third-order valence-electron chi connectivity index (χ3n) is 5.31. The zero-order chi connectivity index (χ0) is 22.8. The zero-order valence-electron chi connectivity index (χ0n) is 17.5. The zero-order valence-corrected chi connectivity index (χ0v) is 19.0. The Morgan fingerprint density at radius 2 is 1.72 bits per heavy atom. The highest BCUT2D eigenvalue weighted by molar-refractivity contribution is 9.10. The van der Waals surface area contributed by atoms with Crippen LogP contribution < -0.4 is 15.0 Å². The van der Waals surface area contributed by atoms with Gasteiger partial charge in [-0.2, -0.15) is 0 Å². The number of carboxylic acids is 1. The first-order valence-electron chi connectivity index (χ1n) is 9.81. The SMILES string of the molecule is COc1cccc(Cn2c(C(=O)O)c(-c3ccccc3)c3cc(Br)ccc3c2=O)c1OC. The Bertz CT molecular complexity index is 1380. The molecular formula is C25H20BrNO5. The number of carbonyl (C=O) groups is 1. The van der Waals surface area contributed by atoms with Crippen LogP contribution >= 0.6 is 15.9 Å². The van der Waals surface area contributed by atoms with E-state index in [9.17, 15) is 14.7 Å². The molecule has 0 unspecified atom stereocenters. The standard InChI is InChI=1S/C25H20BrNO5/c1-31-20-10-6-9-16(23(20)32-2)14-27-22(25(29)30)21(15-7-4-3-5-8-15)19-13-17(26)11-12-18(19)24(27)28/h3-13H,14H2,1-2H3,(H,29,30). The van der Waals surface area contributed by atoms with E-state index >= 15 is 0 Å². The van der Waals surface area contributed by atoms with Crippen LogP contribution in [0.3, 0.4) is 0 Å². The molecule has 0 atom stereocenters. The van der Waals surface area contributed by atoms with E-state index in [1.54, 1.807) is 36.4 Å². The fourth-order valence-electron chi connectivity index (χ4n) is 3.94. The highest BCUT2D eigenvalue weighted by atomic mass is 79.9. The normalized spacial score (nSPS) is 10.8. The summed E-state index contributed by atoms with van der Waals surface area (Å²) in [5.74, 6) is -0.233. The number of nitrogens with zero attached hydrogens (tertiary/aromatic N) is 1. The number of para-hydroxylation sites is 1. The number of fused-ring (bicyclic) bond motifs is 1. The number of hydrogen-bond donors (Lipinski definition) is 1. The van der Waals surface area contributed by atoms with Crippen molar-refractivity contribution in [1.82, 2.24) is 4.57 Å². The van der Waals surface area contributed by atoms with E-state index in [2.05, 4.69) is 15.9 Å². The summed E-state index contributed by atoms with van der Waals surface area (Å²) in [5, 5.41) is 11.2. The molecule has 4 rings (SSSR count). The van der Waals surface area contributed by atoms with Gasteiger partial charge in [0.25, 0.3) is 5.56 Å². The predicted molar refractivity (Wildman–Crippen MR) is 127 cm³/mol. The van der Waals surface area contributed by atoms with E-state index < -0.39 is 11.5 Å². The number of aromatic carboxylic acids is 1. The molecule has 32 heavy (non-hydrogen) atoms. The number of aromatic nitrogens is 1. The third-order valence-corrected chi connectivity index (χ3v) is 5.80. The molecule has 0 fully saturated rings. The molecule has 0 saturated heterocycles. The van der Waals surface area contributed by atoms with Crippen LogP contribution in [0.25, 0.3) is 21.9 Å². The summed E-state index contributed by atoms with van der Waals surface area (Å²) < 4.78 is 12.9. The topological polar surface area (TPSA) is 77.8 Å². The van der Waals surface area contributed by atoms with Crippen LogP contribution in [-0.2, 0) is 6.54 Å². The maximum atomic E-state index is 13.5. The van der Waals surface area contributed by atoms with E-state index in [1.165, 1.54) is 18.8 Å². The first kappa shape index (κ1) is 21.6. The van der Waals surface area contributed by atoms with Crippen molar-refractivity contribution >= 4 is 32.7 Å². The van der Waals surface area contributed by atoms with Gasteiger partial charge in [0.1, 0.15) is 5.69 Å². The van der Waals surface area contributed by atoms with Crippen LogP contribution in [0.2, 0.25) is 0 Å². The van der Waals surface area contributed by atoms with E-state index in [0.717, 1.165) is 4.47 Å². The van der Waals surface area contributed by atoms with Gasteiger partial charge >= 0.3 is 5.97 Å². The Morgan fingerprint density at radius 1 is 0.969 bits per heavy atom. The molecule has 4 aromatic rings. The molecule has 0 amide bonds. The van der Waals surface area contributed by atoms with Gasteiger partial charge in [-0.05, 0) is 35.2 Å². The van der Waals surface area contributed by atoms with Crippen LogP contribution in [0.15, 0.2) is 76.0 Å².